The lowest BCUT2D eigenvalue weighted by Gasteiger charge is -2.35. The summed E-state index contributed by atoms with van der Waals surface area (Å²) >= 11 is 1.74. The van der Waals surface area contributed by atoms with Crippen molar-refractivity contribution in [3.05, 3.63) is 22.4 Å². The lowest BCUT2D eigenvalue weighted by molar-refractivity contribution is -0.134. The maximum absolute atomic E-state index is 12.4. The van der Waals surface area contributed by atoms with Crippen LogP contribution in [0, 0.1) is 0 Å². The summed E-state index contributed by atoms with van der Waals surface area (Å²) in [6.07, 6.45) is 2.10. The first-order valence-corrected chi connectivity index (χ1v) is 9.06. The van der Waals surface area contributed by atoms with Crippen LogP contribution in [0.15, 0.2) is 16.8 Å². The molecule has 1 amide bonds. The highest BCUT2D eigenvalue weighted by Gasteiger charge is 2.28. The maximum Gasteiger partial charge on any atom is 0.236 e. The van der Waals surface area contributed by atoms with Gasteiger partial charge >= 0.3 is 0 Å². The average molecular weight is 323 g/mol. The van der Waals surface area contributed by atoms with E-state index in [1.54, 1.807) is 11.3 Å². The molecule has 2 aliphatic rings. The van der Waals surface area contributed by atoms with E-state index < -0.39 is 0 Å². The Morgan fingerprint density at radius 3 is 2.77 bits per heavy atom. The first kappa shape index (κ1) is 15.9. The van der Waals surface area contributed by atoms with Crippen molar-refractivity contribution in [2.75, 3.05) is 45.9 Å². The minimum Gasteiger partial charge on any atom is -0.395 e. The summed E-state index contributed by atoms with van der Waals surface area (Å²) < 4.78 is 0. The Kier molecular flexibility index (Phi) is 5.46. The van der Waals surface area contributed by atoms with E-state index in [1.165, 1.54) is 5.56 Å². The van der Waals surface area contributed by atoms with E-state index in [-0.39, 0.29) is 18.6 Å². The van der Waals surface area contributed by atoms with Crippen molar-refractivity contribution >= 4 is 17.2 Å². The van der Waals surface area contributed by atoms with Crippen molar-refractivity contribution in [2.24, 2.45) is 0 Å². The number of nitrogens with zero attached hydrogens (tertiary/aromatic N) is 3. The predicted molar refractivity (Wildman–Crippen MR) is 87.9 cm³/mol. The zero-order chi connectivity index (χ0) is 15.4. The highest BCUT2D eigenvalue weighted by atomic mass is 32.1. The Morgan fingerprint density at radius 1 is 1.27 bits per heavy atom. The van der Waals surface area contributed by atoms with Crippen LogP contribution in [0.3, 0.4) is 0 Å². The number of carbonyl (C=O) groups is 1. The molecule has 1 unspecified atom stereocenters. The van der Waals surface area contributed by atoms with Gasteiger partial charge < -0.3 is 10.0 Å². The normalized spacial score (nSPS) is 24.0. The maximum atomic E-state index is 12.4. The molecule has 6 heteroatoms. The molecule has 1 atom stereocenters. The van der Waals surface area contributed by atoms with Gasteiger partial charge in [0.2, 0.25) is 5.91 Å². The standard InChI is InChI=1S/C16H25N3O2S/c20-12-15-2-1-4-19(15)11-16(21)18-7-5-17(6-8-18)10-14-3-9-22-13-14/h3,9,13,15,20H,1-2,4-8,10-12H2. The molecule has 3 heterocycles. The molecule has 1 aromatic rings. The van der Waals surface area contributed by atoms with Crippen molar-refractivity contribution in [3.8, 4) is 0 Å². The van der Waals surface area contributed by atoms with Crippen LogP contribution in [-0.4, -0.2) is 77.6 Å². The molecule has 1 aromatic heterocycles. The van der Waals surface area contributed by atoms with Gasteiger partial charge in [-0.2, -0.15) is 11.3 Å². The monoisotopic (exact) mass is 323 g/mol. The molecule has 2 fully saturated rings. The van der Waals surface area contributed by atoms with Crippen LogP contribution in [0.4, 0.5) is 0 Å². The van der Waals surface area contributed by atoms with E-state index in [0.29, 0.717) is 6.54 Å². The number of thiophene rings is 1. The van der Waals surface area contributed by atoms with Crippen molar-refractivity contribution in [2.45, 2.75) is 25.4 Å². The van der Waals surface area contributed by atoms with E-state index >= 15 is 0 Å². The van der Waals surface area contributed by atoms with Gasteiger partial charge in [-0.15, -0.1) is 0 Å². The van der Waals surface area contributed by atoms with Crippen molar-refractivity contribution in [1.82, 2.24) is 14.7 Å². The molecule has 3 rings (SSSR count). The topological polar surface area (TPSA) is 47.0 Å². The van der Waals surface area contributed by atoms with E-state index in [0.717, 1.165) is 52.1 Å². The Morgan fingerprint density at radius 2 is 2.09 bits per heavy atom. The zero-order valence-electron chi connectivity index (χ0n) is 13.0. The second kappa shape index (κ2) is 7.55. The van der Waals surface area contributed by atoms with Crippen LogP contribution in [0.25, 0.3) is 0 Å². The SMILES string of the molecule is O=C(CN1CCCC1CO)N1CCN(Cc2ccsc2)CC1. The Bertz CT molecular complexity index is 472. The van der Waals surface area contributed by atoms with Crippen molar-refractivity contribution < 1.29 is 9.90 Å². The first-order chi connectivity index (χ1) is 10.8. The van der Waals surface area contributed by atoms with Gasteiger partial charge in [0.05, 0.1) is 13.2 Å². The summed E-state index contributed by atoms with van der Waals surface area (Å²) in [5.41, 5.74) is 1.37. The van der Waals surface area contributed by atoms with Crippen LogP contribution in [-0.2, 0) is 11.3 Å². The summed E-state index contributed by atoms with van der Waals surface area (Å²) in [6.45, 7) is 6.11. The molecule has 0 saturated carbocycles. The zero-order valence-corrected chi connectivity index (χ0v) is 13.8. The van der Waals surface area contributed by atoms with Crippen LogP contribution in [0.2, 0.25) is 0 Å². The highest BCUT2D eigenvalue weighted by molar-refractivity contribution is 7.07. The van der Waals surface area contributed by atoms with Crippen LogP contribution >= 0.6 is 11.3 Å². The van der Waals surface area contributed by atoms with Gasteiger partial charge in [0, 0.05) is 38.8 Å². The van der Waals surface area contributed by atoms with Gasteiger partial charge in [-0.25, -0.2) is 0 Å². The molecule has 2 aliphatic heterocycles. The fourth-order valence-electron chi connectivity index (χ4n) is 3.38. The second-order valence-corrected chi connectivity index (χ2v) is 7.02. The Balaban J connectivity index is 1.43. The lowest BCUT2D eigenvalue weighted by Crippen LogP contribution is -2.51. The van der Waals surface area contributed by atoms with Crippen molar-refractivity contribution in [1.29, 1.82) is 0 Å². The number of aliphatic hydroxyl groups excluding tert-OH is 1. The van der Waals surface area contributed by atoms with Gasteiger partial charge in [-0.3, -0.25) is 14.6 Å². The summed E-state index contributed by atoms with van der Waals surface area (Å²) in [5.74, 6) is 0.218. The molecule has 22 heavy (non-hydrogen) atoms. The molecule has 0 aliphatic carbocycles. The molecule has 122 valence electrons. The van der Waals surface area contributed by atoms with Crippen LogP contribution in [0.1, 0.15) is 18.4 Å². The number of amides is 1. The molecule has 2 saturated heterocycles. The summed E-state index contributed by atoms with van der Waals surface area (Å²) in [4.78, 5) is 19.0. The molecule has 5 nitrogen and oxygen atoms in total. The fourth-order valence-corrected chi connectivity index (χ4v) is 4.04. The highest BCUT2D eigenvalue weighted by Crippen LogP contribution is 2.17. The summed E-state index contributed by atoms with van der Waals surface area (Å²) in [6, 6.07) is 2.36. The minimum atomic E-state index is 0.168. The van der Waals surface area contributed by atoms with E-state index in [9.17, 15) is 9.90 Å². The number of piperazine rings is 1. The molecule has 0 bridgehead atoms. The number of aliphatic hydroxyl groups is 1. The third-order valence-corrected chi connectivity index (χ3v) is 5.49. The molecule has 1 N–H and O–H groups in total. The molecular formula is C16H25N3O2S. The Hall–Kier alpha value is -0.950. The largest absolute Gasteiger partial charge is 0.395 e. The van der Waals surface area contributed by atoms with Gasteiger partial charge in [-0.1, -0.05) is 0 Å². The summed E-state index contributed by atoms with van der Waals surface area (Å²) in [5, 5.41) is 13.7. The van der Waals surface area contributed by atoms with Crippen LogP contribution < -0.4 is 0 Å². The van der Waals surface area contributed by atoms with E-state index in [1.807, 2.05) is 4.90 Å². The molecular weight excluding hydrogens is 298 g/mol. The van der Waals surface area contributed by atoms with Crippen LogP contribution in [0.5, 0.6) is 0 Å². The average Bonchev–Trinajstić information content (AvgIpc) is 3.19. The number of hydrogen-bond donors (Lipinski definition) is 1. The predicted octanol–water partition coefficient (Wildman–Crippen LogP) is 0.849. The number of hydrogen-bond acceptors (Lipinski definition) is 5. The van der Waals surface area contributed by atoms with Gasteiger partial charge in [0.25, 0.3) is 0 Å². The van der Waals surface area contributed by atoms with Crippen molar-refractivity contribution in [3.63, 3.8) is 0 Å². The van der Waals surface area contributed by atoms with Gasteiger partial charge in [0.1, 0.15) is 0 Å². The summed E-state index contributed by atoms with van der Waals surface area (Å²) in [7, 11) is 0. The minimum absolute atomic E-state index is 0.168. The quantitative estimate of drug-likeness (QED) is 0.873. The van der Waals surface area contributed by atoms with Gasteiger partial charge in [-0.05, 0) is 41.8 Å². The van der Waals surface area contributed by atoms with E-state index in [2.05, 4.69) is 26.6 Å². The third kappa shape index (κ3) is 3.87. The number of likely N-dealkylation sites (tertiary alicyclic amines) is 1. The molecule has 0 aromatic carbocycles. The Labute approximate surface area is 136 Å². The fraction of sp³-hybridized carbons (Fsp3) is 0.688. The molecule has 0 spiro atoms. The second-order valence-electron chi connectivity index (χ2n) is 6.24. The van der Waals surface area contributed by atoms with Gasteiger partial charge in [0.15, 0.2) is 0 Å². The van der Waals surface area contributed by atoms with E-state index in [4.69, 9.17) is 0 Å². The first-order valence-electron chi connectivity index (χ1n) is 8.12. The number of rotatable bonds is 5. The number of carbonyl (C=O) groups excluding carboxylic acids is 1. The molecule has 0 radical (unpaired) electrons. The third-order valence-electron chi connectivity index (χ3n) is 4.76. The smallest absolute Gasteiger partial charge is 0.236 e. The lowest BCUT2D eigenvalue weighted by atomic mass is 10.2.